The first kappa shape index (κ1) is 16.1. The van der Waals surface area contributed by atoms with E-state index in [0.29, 0.717) is 31.2 Å². The van der Waals surface area contributed by atoms with E-state index in [9.17, 15) is 4.79 Å². The number of carbonyl (C=O) groups excluding carboxylic acids is 1. The highest BCUT2D eigenvalue weighted by Gasteiger charge is 2.21. The Hall–Kier alpha value is -1.77. The third kappa shape index (κ3) is 3.44. The van der Waals surface area contributed by atoms with E-state index in [2.05, 4.69) is 20.6 Å². The molecule has 23 heavy (non-hydrogen) atoms. The molecule has 0 aliphatic carbocycles. The topological polar surface area (TPSA) is 85.4 Å². The zero-order chi connectivity index (χ0) is 16.2. The van der Waals surface area contributed by atoms with Crippen molar-refractivity contribution in [3.63, 3.8) is 0 Å². The summed E-state index contributed by atoms with van der Waals surface area (Å²) in [6.07, 6.45) is 1.44. The molecule has 0 spiro atoms. The monoisotopic (exact) mass is 336 g/mol. The molecule has 0 saturated carbocycles. The molecule has 1 aliphatic rings. The van der Waals surface area contributed by atoms with Crippen LogP contribution >= 0.6 is 11.3 Å². The molecule has 0 bridgehead atoms. The van der Waals surface area contributed by atoms with Crippen LogP contribution in [-0.2, 0) is 9.47 Å². The van der Waals surface area contributed by atoms with Gasteiger partial charge in [0.15, 0.2) is 0 Å². The van der Waals surface area contributed by atoms with Crippen molar-refractivity contribution in [3.8, 4) is 0 Å². The second-order valence-electron chi connectivity index (χ2n) is 5.27. The van der Waals surface area contributed by atoms with Gasteiger partial charge in [-0.1, -0.05) is 0 Å². The van der Waals surface area contributed by atoms with Crippen molar-refractivity contribution in [2.24, 2.45) is 0 Å². The third-order valence-corrected chi connectivity index (χ3v) is 4.85. The maximum atomic E-state index is 12.5. The van der Waals surface area contributed by atoms with Crippen LogP contribution in [0.1, 0.15) is 22.2 Å². The second kappa shape index (κ2) is 7.20. The Bertz CT molecular complexity index is 697. The van der Waals surface area contributed by atoms with E-state index in [4.69, 9.17) is 9.47 Å². The molecule has 1 saturated heterocycles. The largest absolute Gasteiger partial charge is 0.376 e. The fourth-order valence-electron chi connectivity index (χ4n) is 2.53. The van der Waals surface area contributed by atoms with Crippen LogP contribution in [0.5, 0.6) is 0 Å². The van der Waals surface area contributed by atoms with Gasteiger partial charge in [0.2, 0.25) is 0 Å². The fraction of sp³-hybridized carbons (Fsp3) is 0.533. The van der Waals surface area contributed by atoms with Crippen LogP contribution in [0, 0.1) is 6.92 Å². The molecule has 7 nitrogen and oxygen atoms in total. The molecule has 3 rings (SSSR count). The quantitative estimate of drug-likeness (QED) is 0.862. The summed E-state index contributed by atoms with van der Waals surface area (Å²) >= 11 is 1.38. The molecule has 2 N–H and O–H groups in total. The SMILES string of the molecule is CCNc1ncnc2sc(C(=O)NCC3COCCO3)c(C)c12. The maximum absolute atomic E-state index is 12.5. The van der Waals surface area contributed by atoms with Crippen molar-refractivity contribution in [2.45, 2.75) is 20.0 Å². The van der Waals surface area contributed by atoms with Gasteiger partial charge in [0, 0.05) is 13.1 Å². The lowest BCUT2D eigenvalue weighted by Crippen LogP contribution is -2.39. The molecule has 1 fully saturated rings. The van der Waals surface area contributed by atoms with Crippen molar-refractivity contribution >= 4 is 33.3 Å². The van der Waals surface area contributed by atoms with Crippen LogP contribution in [0.2, 0.25) is 0 Å². The smallest absolute Gasteiger partial charge is 0.261 e. The van der Waals surface area contributed by atoms with Crippen LogP contribution < -0.4 is 10.6 Å². The normalized spacial score (nSPS) is 18.1. The maximum Gasteiger partial charge on any atom is 0.261 e. The number of thiophene rings is 1. The number of aryl methyl sites for hydroxylation is 1. The summed E-state index contributed by atoms with van der Waals surface area (Å²) in [4.78, 5) is 22.5. The summed E-state index contributed by atoms with van der Waals surface area (Å²) in [6.45, 7) is 6.85. The average Bonchev–Trinajstić information content (AvgIpc) is 2.92. The van der Waals surface area contributed by atoms with E-state index in [-0.39, 0.29) is 12.0 Å². The number of anilines is 1. The van der Waals surface area contributed by atoms with Crippen LogP contribution in [0.3, 0.4) is 0 Å². The standard InChI is InChI=1S/C15H20N4O3S/c1-3-16-13-11-9(2)12(23-15(11)19-8-18-13)14(20)17-6-10-7-21-4-5-22-10/h8,10H,3-7H2,1-2H3,(H,17,20)(H,16,18,19). The number of ether oxygens (including phenoxy) is 2. The van der Waals surface area contributed by atoms with Crippen LogP contribution in [0.25, 0.3) is 10.2 Å². The third-order valence-electron chi connectivity index (χ3n) is 3.65. The number of rotatable bonds is 5. The molecule has 1 amide bonds. The summed E-state index contributed by atoms with van der Waals surface area (Å²) in [7, 11) is 0. The molecule has 0 aromatic carbocycles. The second-order valence-corrected chi connectivity index (χ2v) is 6.27. The van der Waals surface area contributed by atoms with Gasteiger partial charge < -0.3 is 20.1 Å². The summed E-state index contributed by atoms with van der Waals surface area (Å²) in [5, 5.41) is 7.05. The number of fused-ring (bicyclic) bond motifs is 1. The fourth-order valence-corrected chi connectivity index (χ4v) is 3.60. The van der Waals surface area contributed by atoms with Gasteiger partial charge in [0.25, 0.3) is 5.91 Å². The van der Waals surface area contributed by atoms with Gasteiger partial charge in [-0.25, -0.2) is 9.97 Å². The van der Waals surface area contributed by atoms with E-state index in [1.54, 1.807) is 0 Å². The number of aromatic nitrogens is 2. The first-order valence-corrected chi connectivity index (χ1v) is 8.47. The van der Waals surface area contributed by atoms with E-state index in [0.717, 1.165) is 28.1 Å². The van der Waals surface area contributed by atoms with Crippen molar-refractivity contribution < 1.29 is 14.3 Å². The van der Waals surface area contributed by atoms with Gasteiger partial charge >= 0.3 is 0 Å². The Morgan fingerprint density at radius 3 is 3.04 bits per heavy atom. The lowest BCUT2D eigenvalue weighted by atomic mass is 10.2. The molecule has 1 atom stereocenters. The van der Waals surface area contributed by atoms with Gasteiger partial charge in [-0.3, -0.25) is 4.79 Å². The van der Waals surface area contributed by atoms with Crippen molar-refractivity contribution in [2.75, 3.05) is 38.2 Å². The molecular formula is C15H20N4O3S. The van der Waals surface area contributed by atoms with Gasteiger partial charge in [0.1, 0.15) is 17.0 Å². The number of carbonyl (C=O) groups is 1. The molecule has 1 unspecified atom stereocenters. The van der Waals surface area contributed by atoms with Crippen molar-refractivity contribution in [3.05, 3.63) is 16.8 Å². The zero-order valence-electron chi connectivity index (χ0n) is 13.2. The number of nitrogens with one attached hydrogen (secondary N) is 2. The Morgan fingerprint density at radius 2 is 2.30 bits per heavy atom. The number of hydrogen-bond donors (Lipinski definition) is 2. The lowest BCUT2D eigenvalue weighted by molar-refractivity contribution is -0.0855. The summed E-state index contributed by atoms with van der Waals surface area (Å²) in [6, 6.07) is 0. The van der Waals surface area contributed by atoms with Crippen LogP contribution in [0.15, 0.2) is 6.33 Å². The highest BCUT2D eigenvalue weighted by molar-refractivity contribution is 7.20. The molecule has 124 valence electrons. The Labute approximate surface area is 138 Å². The van der Waals surface area contributed by atoms with E-state index in [1.807, 2.05) is 13.8 Å². The van der Waals surface area contributed by atoms with Crippen LogP contribution in [0.4, 0.5) is 5.82 Å². The predicted octanol–water partition coefficient (Wildman–Crippen LogP) is 1.58. The summed E-state index contributed by atoms with van der Waals surface area (Å²) in [5.41, 5.74) is 0.903. The first-order chi connectivity index (χ1) is 11.2. The highest BCUT2D eigenvalue weighted by atomic mass is 32.1. The Balaban J connectivity index is 1.77. The van der Waals surface area contributed by atoms with Gasteiger partial charge in [0.05, 0.1) is 36.2 Å². The average molecular weight is 336 g/mol. The first-order valence-electron chi connectivity index (χ1n) is 7.66. The highest BCUT2D eigenvalue weighted by Crippen LogP contribution is 2.33. The predicted molar refractivity (Wildman–Crippen MR) is 89.2 cm³/mol. The molecule has 2 aromatic rings. The van der Waals surface area contributed by atoms with Crippen molar-refractivity contribution in [1.82, 2.24) is 15.3 Å². The lowest BCUT2D eigenvalue weighted by Gasteiger charge is -2.22. The minimum atomic E-state index is -0.109. The van der Waals surface area contributed by atoms with Gasteiger partial charge in [-0.15, -0.1) is 11.3 Å². The Morgan fingerprint density at radius 1 is 1.43 bits per heavy atom. The summed E-state index contributed by atoms with van der Waals surface area (Å²) < 4.78 is 10.9. The molecule has 8 heteroatoms. The number of nitrogens with zero attached hydrogens (tertiary/aromatic N) is 2. The Kier molecular flexibility index (Phi) is 5.04. The summed E-state index contributed by atoms with van der Waals surface area (Å²) in [5.74, 6) is 0.663. The van der Waals surface area contributed by atoms with E-state index in [1.165, 1.54) is 17.7 Å². The molecule has 3 heterocycles. The van der Waals surface area contributed by atoms with E-state index >= 15 is 0 Å². The van der Waals surface area contributed by atoms with Gasteiger partial charge in [-0.2, -0.15) is 0 Å². The van der Waals surface area contributed by atoms with Crippen LogP contribution in [-0.4, -0.2) is 54.9 Å². The molecule has 1 aliphatic heterocycles. The molecule has 0 radical (unpaired) electrons. The van der Waals surface area contributed by atoms with E-state index < -0.39 is 0 Å². The number of hydrogen-bond acceptors (Lipinski definition) is 7. The minimum absolute atomic E-state index is 0.0838. The van der Waals surface area contributed by atoms with Crippen molar-refractivity contribution in [1.29, 1.82) is 0 Å². The minimum Gasteiger partial charge on any atom is -0.376 e. The molecular weight excluding hydrogens is 316 g/mol. The zero-order valence-corrected chi connectivity index (χ0v) is 14.0. The number of amides is 1. The van der Waals surface area contributed by atoms with Gasteiger partial charge in [-0.05, 0) is 19.4 Å². The molecule has 2 aromatic heterocycles.